The molecule has 0 saturated carbocycles. The lowest BCUT2D eigenvalue weighted by atomic mass is 10.0. The number of aromatic nitrogens is 2. The Morgan fingerprint density at radius 2 is 2.64 bits per heavy atom. The molecule has 1 saturated heterocycles. The summed E-state index contributed by atoms with van der Waals surface area (Å²) in [6.07, 6.45) is -8.83. The second kappa shape index (κ2) is 4.26. The molecule has 0 bridgehead atoms. The number of anilines is 1. The smallest absolute Gasteiger partial charge is 0.148 e. The van der Waals surface area contributed by atoms with E-state index in [1.54, 1.807) is 0 Å². The summed E-state index contributed by atoms with van der Waals surface area (Å²) in [5.41, 5.74) is 0. The van der Waals surface area contributed by atoms with E-state index in [4.69, 9.17) is 16.4 Å². The summed E-state index contributed by atoms with van der Waals surface area (Å²) < 4.78 is 95.2. The molecule has 0 aliphatic carbocycles. The van der Waals surface area contributed by atoms with Gasteiger partial charge in [-0.25, -0.2) is 4.98 Å². The van der Waals surface area contributed by atoms with Gasteiger partial charge >= 0.3 is 0 Å². The van der Waals surface area contributed by atoms with Gasteiger partial charge in [0.1, 0.15) is 10.4 Å². The fourth-order valence-electron chi connectivity index (χ4n) is 0.898. The molecule has 76 valence electrons. The maximum atomic E-state index is 8.39. The second-order valence-corrected chi connectivity index (χ2v) is 3.18. The highest BCUT2D eigenvalue weighted by Crippen LogP contribution is 2.22. The van der Waals surface area contributed by atoms with Crippen LogP contribution in [-0.2, 0) is 0 Å². The van der Waals surface area contributed by atoms with Crippen LogP contribution in [0.25, 0.3) is 0 Å². The zero-order valence-electron chi connectivity index (χ0n) is 18.9. The van der Waals surface area contributed by atoms with Gasteiger partial charge in [0.05, 0.1) is 13.8 Å². The minimum Gasteiger partial charge on any atom is -0.353 e. The van der Waals surface area contributed by atoms with Crippen molar-refractivity contribution >= 4 is 21.7 Å². The summed E-state index contributed by atoms with van der Waals surface area (Å²) in [5.74, 6) is -0.626. The van der Waals surface area contributed by atoms with Crippen molar-refractivity contribution in [1.82, 2.24) is 9.97 Å². The van der Waals surface area contributed by atoms with E-state index in [2.05, 4.69) is 25.9 Å². The van der Waals surface area contributed by atoms with Crippen molar-refractivity contribution in [3.63, 3.8) is 0 Å². The minimum absolute atomic E-state index is 0.00778. The second-order valence-electron chi connectivity index (χ2n) is 2.37. The van der Waals surface area contributed by atoms with Crippen LogP contribution in [0.3, 0.4) is 0 Å². The average molecular weight is 268 g/mol. The van der Waals surface area contributed by atoms with Gasteiger partial charge in [0, 0.05) is 27.6 Å². The standard InChI is InChI=1S/C10H14BrN3/c1-8-4-2-3-5-14(8)10-7-12-6-9(11)13-10/h6-8H,2-5H2,1H3/i1D3,2D2,3D2,4D2,5D2,8D. The predicted octanol–water partition coefficient (Wildman–Crippen LogP) is 2.62. The van der Waals surface area contributed by atoms with Gasteiger partial charge in [0.15, 0.2) is 0 Å². The SMILES string of the molecule is [2H]C([2H])([2H])C1([2H])N(c2cncc(Br)n2)C([2H])([2H])C([2H])([2H])C([2H])([2H])C1([2H])[2H]. The maximum absolute atomic E-state index is 8.39. The zero-order valence-corrected chi connectivity index (χ0v) is 8.46. The predicted molar refractivity (Wildman–Crippen MR) is 60.4 cm³/mol. The van der Waals surface area contributed by atoms with Gasteiger partial charge in [-0.1, -0.05) is 0 Å². The normalized spacial score (nSPS) is 55.6. The molecule has 3 nitrogen and oxygen atoms in total. The summed E-state index contributed by atoms with van der Waals surface area (Å²) >= 11 is 2.95. The fraction of sp³-hybridized carbons (Fsp3) is 0.600. The minimum atomic E-state index is -3.66. The van der Waals surface area contributed by atoms with Gasteiger partial charge in [-0.3, -0.25) is 4.98 Å². The van der Waals surface area contributed by atoms with Gasteiger partial charge in [-0.05, 0) is 41.9 Å². The van der Waals surface area contributed by atoms with Gasteiger partial charge < -0.3 is 4.90 Å². The number of halogens is 1. The van der Waals surface area contributed by atoms with Gasteiger partial charge in [0.25, 0.3) is 0 Å². The van der Waals surface area contributed by atoms with Crippen molar-refractivity contribution in [3.05, 3.63) is 17.0 Å². The van der Waals surface area contributed by atoms with Crippen molar-refractivity contribution in [3.8, 4) is 0 Å². The highest BCUT2D eigenvalue weighted by molar-refractivity contribution is 9.10. The summed E-state index contributed by atoms with van der Waals surface area (Å²) in [4.78, 5) is 7.50. The van der Waals surface area contributed by atoms with E-state index in [1.165, 1.54) is 6.20 Å². The Balaban J connectivity index is 2.97. The van der Waals surface area contributed by atoms with Crippen molar-refractivity contribution in [2.75, 3.05) is 11.4 Å². The van der Waals surface area contributed by atoms with Crippen molar-refractivity contribution in [1.29, 1.82) is 0 Å². The molecule has 2 heterocycles. The van der Waals surface area contributed by atoms with E-state index in [-0.39, 0.29) is 9.50 Å². The Morgan fingerprint density at radius 3 is 3.43 bits per heavy atom. The number of hydrogen-bond acceptors (Lipinski definition) is 3. The number of nitrogens with zero attached hydrogens (tertiary/aromatic N) is 3. The van der Waals surface area contributed by atoms with Crippen molar-refractivity contribution in [2.24, 2.45) is 0 Å². The number of piperidine rings is 1. The summed E-state index contributed by atoms with van der Waals surface area (Å²) in [7, 11) is 0. The first-order valence-corrected chi connectivity index (χ1v) is 4.44. The first-order valence-electron chi connectivity index (χ1n) is 9.65. The molecular weight excluding hydrogens is 242 g/mol. The molecule has 1 aliphatic rings. The van der Waals surface area contributed by atoms with Crippen LogP contribution in [0.15, 0.2) is 17.0 Å². The van der Waals surface area contributed by atoms with Gasteiger partial charge in [-0.15, -0.1) is 0 Å². The Hall–Kier alpha value is -0.640. The van der Waals surface area contributed by atoms with Crippen LogP contribution < -0.4 is 4.90 Å². The molecule has 14 heavy (non-hydrogen) atoms. The monoisotopic (exact) mass is 267 g/mol. The Labute approximate surface area is 110 Å². The van der Waals surface area contributed by atoms with Crippen LogP contribution in [0.4, 0.5) is 5.82 Å². The Kier molecular flexibility index (Phi) is 0.893. The largest absolute Gasteiger partial charge is 0.353 e. The van der Waals surface area contributed by atoms with E-state index in [1.807, 2.05) is 0 Å². The fourth-order valence-corrected chi connectivity index (χ4v) is 1.20. The average Bonchev–Trinajstić information content (AvgIpc) is 2.44. The maximum Gasteiger partial charge on any atom is 0.148 e. The van der Waals surface area contributed by atoms with Gasteiger partial charge in [-0.2, -0.15) is 0 Å². The summed E-state index contributed by atoms with van der Waals surface area (Å²) in [6.45, 7) is -7.02. The van der Waals surface area contributed by atoms with Crippen LogP contribution >= 0.6 is 15.9 Å². The molecule has 1 unspecified atom stereocenters. The highest BCUT2D eigenvalue weighted by Gasteiger charge is 2.19. The van der Waals surface area contributed by atoms with E-state index in [0.717, 1.165) is 6.20 Å². The molecule has 0 N–H and O–H groups in total. The third-order valence-corrected chi connectivity index (χ3v) is 1.84. The summed E-state index contributed by atoms with van der Waals surface area (Å²) in [6, 6.07) is -3.55. The molecule has 0 spiro atoms. The van der Waals surface area contributed by atoms with Crippen LogP contribution in [0.2, 0.25) is 0 Å². The Morgan fingerprint density at radius 1 is 1.71 bits per heavy atom. The molecule has 2 rings (SSSR count). The molecule has 1 aromatic heterocycles. The lowest BCUT2D eigenvalue weighted by molar-refractivity contribution is 0.480. The first kappa shape index (κ1) is 2.94. The Bertz CT molecular complexity index is 719. The lowest BCUT2D eigenvalue weighted by Gasteiger charge is -2.34. The number of rotatable bonds is 1. The molecule has 0 radical (unpaired) electrons. The third kappa shape index (κ3) is 2.05. The van der Waals surface area contributed by atoms with Crippen LogP contribution in [0.5, 0.6) is 0 Å². The topological polar surface area (TPSA) is 29.0 Å². The molecule has 1 fully saturated rings. The molecule has 0 aromatic carbocycles. The molecule has 4 heteroatoms. The van der Waals surface area contributed by atoms with Gasteiger partial charge in [0.2, 0.25) is 0 Å². The van der Waals surface area contributed by atoms with E-state index in [0.29, 0.717) is 0 Å². The first-order chi connectivity index (χ1) is 11.4. The highest BCUT2D eigenvalue weighted by atomic mass is 79.9. The molecule has 0 amide bonds. The third-order valence-electron chi connectivity index (χ3n) is 1.46. The summed E-state index contributed by atoms with van der Waals surface area (Å²) in [5, 5.41) is 0. The van der Waals surface area contributed by atoms with Crippen molar-refractivity contribution < 1.29 is 16.4 Å². The lowest BCUT2D eigenvalue weighted by Crippen LogP contribution is -2.38. The van der Waals surface area contributed by atoms with Crippen LogP contribution in [-0.4, -0.2) is 22.5 Å². The van der Waals surface area contributed by atoms with E-state index >= 15 is 0 Å². The zero-order chi connectivity index (χ0) is 20.6. The molecule has 1 atom stereocenters. The van der Waals surface area contributed by atoms with E-state index < -0.39 is 44.3 Å². The molecule has 1 aromatic rings. The van der Waals surface area contributed by atoms with Crippen molar-refractivity contribution in [2.45, 2.75) is 32.0 Å². The van der Waals surface area contributed by atoms with E-state index in [9.17, 15) is 0 Å². The van der Waals surface area contributed by atoms with Crippen LogP contribution in [0.1, 0.15) is 42.4 Å². The number of hydrogen-bond donors (Lipinski definition) is 0. The molecule has 1 aliphatic heterocycles. The van der Waals surface area contributed by atoms with Crippen LogP contribution in [0, 0.1) is 0 Å². The quantitative estimate of drug-likeness (QED) is 0.784. The molecular formula is C10H14BrN3.